The highest BCUT2D eigenvalue weighted by molar-refractivity contribution is 7.92. The number of hydrogen-bond acceptors (Lipinski definition) is 7. The summed E-state index contributed by atoms with van der Waals surface area (Å²) in [4.78, 5) is 28.7. The Bertz CT molecular complexity index is 1810. The molecule has 0 saturated carbocycles. The summed E-state index contributed by atoms with van der Waals surface area (Å²) in [5.41, 5.74) is 2.07. The number of sulfonamides is 1. The van der Waals surface area contributed by atoms with Crippen molar-refractivity contribution in [1.82, 2.24) is 9.55 Å². The monoisotopic (exact) mass is 534 g/mol. The van der Waals surface area contributed by atoms with Crippen LogP contribution in [0.1, 0.15) is 36.1 Å². The van der Waals surface area contributed by atoms with Crippen molar-refractivity contribution >= 4 is 32.6 Å². The van der Waals surface area contributed by atoms with E-state index in [1.807, 2.05) is 20.8 Å². The van der Waals surface area contributed by atoms with E-state index in [1.165, 1.54) is 24.3 Å². The van der Waals surface area contributed by atoms with Gasteiger partial charge in [0.1, 0.15) is 11.4 Å². The molecule has 0 bridgehead atoms. The SMILES string of the molecule is Cc1c(C)c(S(=O)(=O)Nc2nc3ccccc3c(=O)n2-c2ccc([N+](=O)[O-])cc2)c(C)c2c1OC(C)(C)C2. The van der Waals surface area contributed by atoms with Gasteiger partial charge in [-0.25, -0.2) is 22.7 Å². The highest BCUT2D eigenvalue weighted by Gasteiger charge is 2.37. The molecule has 1 aromatic heterocycles. The number of ether oxygens (including phenoxy) is 1. The molecule has 0 aliphatic carbocycles. The van der Waals surface area contributed by atoms with Crippen LogP contribution in [0.4, 0.5) is 11.6 Å². The molecule has 0 amide bonds. The van der Waals surface area contributed by atoms with Crippen molar-refractivity contribution < 1.29 is 18.1 Å². The van der Waals surface area contributed by atoms with Gasteiger partial charge in [-0.3, -0.25) is 14.9 Å². The number of nitrogens with one attached hydrogen (secondary N) is 1. The molecule has 38 heavy (non-hydrogen) atoms. The number of aromatic nitrogens is 2. The molecular formula is C27H26N4O6S. The molecule has 11 heteroatoms. The van der Waals surface area contributed by atoms with Gasteiger partial charge < -0.3 is 4.74 Å². The first-order chi connectivity index (χ1) is 17.8. The molecule has 1 aliphatic rings. The van der Waals surface area contributed by atoms with Crippen LogP contribution in [0.3, 0.4) is 0 Å². The predicted molar refractivity (Wildman–Crippen MR) is 144 cm³/mol. The molecule has 1 aliphatic heterocycles. The summed E-state index contributed by atoms with van der Waals surface area (Å²) in [6.07, 6.45) is 0.555. The van der Waals surface area contributed by atoms with E-state index in [2.05, 4.69) is 9.71 Å². The van der Waals surface area contributed by atoms with Crippen molar-refractivity contribution in [2.24, 2.45) is 0 Å². The van der Waals surface area contributed by atoms with Gasteiger partial charge in [0.2, 0.25) is 5.95 Å². The Hall–Kier alpha value is -4.25. The van der Waals surface area contributed by atoms with Gasteiger partial charge in [-0.05, 0) is 75.6 Å². The third kappa shape index (κ3) is 4.08. The van der Waals surface area contributed by atoms with Crippen LogP contribution in [-0.2, 0) is 16.4 Å². The average Bonchev–Trinajstić information content (AvgIpc) is 3.18. The number of para-hydroxylation sites is 1. The minimum absolute atomic E-state index is 0.104. The molecule has 0 fully saturated rings. The second kappa shape index (κ2) is 8.66. The zero-order chi connectivity index (χ0) is 27.6. The minimum atomic E-state index is -4.23. The van der Waals surface area contributed by atoms with Gasteiger partial charge in [-0.2, -0.15) is 0 Å². The number of fused-ring (bicyclic) bond motifs is 2. The summed E-state index contributed by atoms with van der Waals surface area (Å²) in [5.74, 6) is 0.478. The Morgan fingerprint density at radius 2 is 1.68 bits per heavy atom. The Morgan fingerprint density at radius 1 is 1.03 bits per heavy atom. The van der Waals surface area contributed by atoms with Crippen molar-refractivity contribution in [3.63, 3.8) is 0 Å². The van der Waals surface area contributed by atoms with Crippen LogP contribution in [0.25, 0.3) is 16.6 Å². The maximum atomic E-state index is 13.9. The lowest BCUT2D eigenvalue weighted by Crippen LogP contribution is -2.27. The molecule has 0 spiro atoms. The zero-order valence-corrected chi connectivity index (χ0v) is 22.3. The Morgan fingerprint density at radius 3 is 2.34 bits per heavy atom. The fourth-order valence-electron chi connectivity index (χ4n) is 4.98. The molecule has 10 nitrogen and oxygen atoms in total. The molecule has 1 N–H and O–H groups in total. The smallest absolute Gasteiger partial charge is 0.269 e. The van der Waals surface area contributed by atoms with E-state index < -0.39 is 26.1 Å². The molecule has 3 aromatic carbocycles. The average molecular weight is 535 g/mol. The topological polar surface area (TPSA) is 133 Å². The number of rotatable bonds is 5. The van der Waals surface area contributed by atoms with Crippen LogP contribution in [-0.4, -0.2) is 28.5 Å². The highest BCUT2D eigenvalue weighted by atomic mass is 32.2. The second-order valence-electron chi connectivity index (χ2n) is 10.0. The molecule has 4 aromatic rings. The predicted octanol–water partition coefficient (Wildman–Crippen LogP) is 4.73. The van der Waals surface area contributed by atoms with Crippen LogP contribution < -0.4 is 15.0 Å². The second-order valence-corrected chi connectivity index (χ2v) is 11.6. The normalized spacial score (nSPS) is 14.2. The standard InChI is InChI=1S/C27H26N4O6S/c1-15-16(2)24(17(3)21-14-27(4,5)37-23(15)21)38(35,36)29-26-28-22-9-7-6-8-20(22)25(32)30(26)18-10-12-19(13-11-18)31(33)34/h6-13H,14H2,1-5H3,(H,28,29). The minimum Gasteiger partial charge on any atom is -0.487 e. The molecule has 5 rings (SSSR count). The quantitative estimate of drug-likeness (QED) is 0.289. The highest BCUT2D eigenvalue weighted by Crippen LogP contribution is 2.44. The van der Waals surface area contributed by atoms with Gasteiger partial charge in [-0.1, -0.05) is 12.1 Å². The molecule has 0 saturated heterocycles. The maximum Gasteiger partial charge on any atom is 0.269 e. The summed E-state index contributed by atoms with van der Waals surface area (Å²) < 4.78 is 37.6. The fraction of sp³-hybridized carbons (Fsp3) is 0.259. The zero-order valence-electron chi connectivity index (χ0n) is 21.5. The van der Waals surface area contributed by atoms with Crippen molar-refractivity contribution in [2.45, 2.75) is 51.5 Å². The van der Waals surface area contributed by atoms with E-state index in [4.69, 9.17) is 4.74 Å². The van der Waals surface area contributed by atoms with E-state index in [-0.39, 0.29) is 27.6 Å². The van der Waals surface area contributed by atoms with Crippen LogP contribution in [0.15, 0.2) is 58.2 Å². The van der Waals surface area contributed by atoms with E-state index in [0.29, 0.717) is 28.8 Å². The number of hydrogen-bond donors (Lipinski definition) is 1. The Balaban J connectivity index is 1.71. The van der Waals surface area contributed by atoms with Crippen LogP contribution in [0.5, 0.6) is 5.75 Å². The van der Waals surface area contributed by atoms with E-state index in [1.54, 1.807) is 38.1 Å². The lowest BCUT2D eigenvalue weighted by molar-refractivity contribution is -0.384. The molecule has 196 valence electrons. The summed E-state index contributed by atoms with van der Waals surface area (Å²) in [7, 11) is -4.23. The van der Waals surface area contributed by atoms with Crippen LogP contribution >= 0.6 is 0 Å². The van der Waals surface area contributed by atoms with Crippen molar-refractivity contribution in [1.29, 1.82) is 0 Å². The molecule has 2 heterocycles. The van der Waals surface area contributed by atoms with Gasteiger partial charge in [0.05, 0.1) is 26.4 Å². The number of nitro benzene ring substituents is 1. The van der Waals surface area contributed by atoms with Gasteiger partial charge >= 0.3 is 0 Å². The van der Waals surface area contributed by atoms with E-state index in [9.17, 15) is 23.3 Å². The largest absolute Gasteiger partial charge is 0.487 e. The van der Waals surface area contributed by atoms with Crippen molar-refractivity contribution in [2.75, 3.05) is 4.72 Å². The molecule has 0 unspecified atom stereocenters. The summed E-state index contributed by atoms with van der Waals surface area (Å²) in [5, 5.41) is 11.4. The fourth-order valence-corrected chi connectivity index (χ4v) is 6.54. The summed E-state index contributed by atoms with van der Waals surface area (Å²) in [6, 6.07) is 11.8. The molecule has 0 radical (unpaired) electrons. The third-order valence-corrected chi connectivity index (χ3v) is 8.48. The van der Waals surface area contributed by atoms with Gasteiger partial charge in [0.25, 0.3) is 21.3 Å². The third-order valence-electron chi connectivity index (χ3n) is 6.88. The maximum absolute atomic E-state index is 13.9. The van der Waals surface area contributed by atoms with E-state index >= 15 is 0 Å². The lowest BCUT2D eigenvalue weighted by Gasteiger charge is -2.20. The summed E-state index contributed by atoms with van der Waals surface area (Å²) in [6.45, 7) is 9.21. The first kappa shape index (κ1) is 25.4. The van der Waals surface area contributed by atoms with Crippen molar-refractivity contribution in [3.05, 3.63) is 91.3 Å². The Kier molecular flexibility index (Phi) is 5.79. The summed E-state index contributed by atoms with van der Waals surface area (Å²) >= 11 is 0. The van der Waals surface area contributed by atoms with E-state index in [0.717, 1.165) is 15.7 Å². The number of benzene rings is 3. The number of anilines is 1. The first-order valence-electron chi connectivity index (χ1n) is 11.9. The van der Waals surface area contributed by atoms with Gasteiger partial charge in [0, 0.05) is 24.1 Å². The number of nitro groups is 1. The van der Waals surface area contributed by atoms with Crippen LogP contribution in [0, 0.1) is 30.9 Å². The number of non-ortho nitro benzene ring substituents is 1. The van der Waals surface area contributed by atoms with Crippen LogP contribution in [0.2, 0.25) is 0 Å². The van der Waals surface area contributed by atoms with Gasteiger partial charge in [0.15, 0.2) is 0 Å². The van der Waals surface area contributed by atoms with Gasteiger partial charge in [-0.15, -0.1) is 0 Å². The van der Waals surface area contributed by atoms with Crippen molar-refractivity contribution in [3.8, 4) is 11.4 Å². The number of nitrogens with zero attached hydrogens (tertiary/aromatic N) is 3. The molecule has 0 atom stereocenters. The Labute approximate surface area is 219 Å². The molecular weight excluding hydrogens is 508 g/mol. The lowest BCUT2D eigenvalue weighted by atomic mass is 9.94. The first-order valence-corrected chi connectivity index (χ1v) is 13.4.